The number of phenols is 1. The molecule has 130 valence electrons. The molecule has 0 saturated carbocycles. The predicted molar refractivity (Wildman–Crippen MR) is 82.1 cm³/mol. The van der Waals surface area contributed by atoms with Crippen LogP contribution in [-0.2, 0) is 9.53 Å². The van der Waals surface area contributed by atoms with E-state index in [1.807, 2.05) is 36.4 Å². The molecule has 0 spiro atoms. The van der Waals surface area contributed by atoms with Crippen molar-refractivity contribution >= 4 is 16.7 Å². The third kappa shape index (κ3) is 3.81. The number of fused-ring (bicyclic) bond motifs is 1. The molecule has 1 aliphatic rings. The van der Waals surface area contributed by atoms with Crippen molar-refractivity contribution in [2.45, 2.75) is 30.7 Å². The van der Waals surface area contributed by atoms with Crippen LogP contribution in [0.15, 0.2) is 42.5 Å². The zero-order chi connectivity index (χ0) is 17.9. The number of carbonyl (C=O) groups is 1. The number of hydrogen-bond acceptors (Lipinski definition) is 7. The van der Waals surface area contributed by atoms with Crippen molar-refractivity contribution in [2.24, 2.45) is 0 Å². The summed E-state index contributed by atoms with van der Waals surface area (Å²) in [6, 6.07) is 13.3. The summed E-state index contributed by atoms with van der Waals surface area (Å²) in [5.74, 6) is -1.17. The third-order valence-corrected chi connectivity index (χ3v) is 3.60. The van der Waals surface area contributed by atoms with Crippen molar-refractivity contribution < 1.29 is 40.2 Å². The van der Waals surface area contributed by atoms with E-state index in [9.17, 15) is 9.90 Å². The minimum absolute atomic E-state index is 0.350. The monoisotopic (exact) mass is 338 g/mol. The minimum atomic E-state index is -1.81. The van der Waals surface area contributed by atoms with Gasteiger partial charge in [-0.25, -0.2) is 4.79 Å². The largest absolute Gasteiger partial charge is 0.507 e. The van der Waals surface area contributed by atoms with Gasteiger partial charge in [0.05, 0.1) is 0 Å². The van der Waals surface area contributed by atoms with Gasteiger partial charge in [-0.15, -0.1) is 0 Å². The number of rotatable bonds is 1. The first-order valence-corrected chi connectivity index (χ1v) is 7.10. The van der Waals surface area contributed by atoms with Gasteiger partial charge in [0.15, 0.2) is 12.4 Å². The highest BCUT2D eigenvalue weighted by Crippen LogP contribution is 2.23. The van der Waals surface area contributed by atoms with Gasteiger partial charge in [-0.05, 0) is 11.5 Å². The molecule has 1 saturated heterocycles. The van der Waals surface area contributed by atoms with Crippen LogP contribution >= 0.6 is 0 Å². The molecule has 0 bridgehead atoms. The lowest BCUT2D eigenvalue weighted by Gasteiger charge is -2.36. The Labute approximate surface area is 136 Å². The van der Waals surface area contributed by atoms with Gasteiger partial charge in [-0.1, -0.05) is 36.4 Å². The highest BCUT2D eigenvalue weighted by atomic mass is 16.6. The molecule has 1 aliphatic heterocycles. The number of benzene rings is 2. The lowest BCUT2D eigenvalue weighted by atomic mass is 9.99. The zero-order valence-electron chi connectivity index (χ0n) is 12.4. The standard InChI is InChI=1S/C10H8O.C6H10O7/c11-10-7-3-5-8-4-1-2-6-9(8)10;7-1-2(8)4(5(10)11)13-6(12)3(1)9/h1-7,11H;1-4,6-9,12H,(H,10,11)/t;1-,2-,3+,4-,6+/m.0/s1. The average molecular weight is 338 g/mol. The van der Waals surface area contributed by atoms with Crippen LogP contribution in [0.25, 0.3) is 10.8 Å². The fraction of sp³-hybridized carbons (Fsp3) is 0.312. The fourth-order valence-electron chi connectivity index (χ4n) is 2.27. The molecular formula is C16H18O8. The number of aromatic hydroxyl groups is 1. The second kappa shape index (κ2) is 7.56. The van der Waals surface area contributed by atoms with Crippen molar-refractivity contribution in [1.82, 2.24) is 0 Å². The molecule has 1 fully saturated rings. The molecule has 0 radical (unpaired) electrons. The highest BCUT2D eigenvalue weighted by molar-refractivity contribution is 5.87. The van der Waals surface area contributed by atoms with Crippen LogP contribution in [-0.4, -0.2) is 67.3 Å². The Hall–Kier alpha value is -2.23. The number of aliphatic hydroxyl groups excluding tert-OH is 4. The Morgan fingerprint density at radius 1 is 0.875 bits per heavy atom. The molecule has 3 rings (SSSR count). The number of ether oxygens (including phenoxy) is 1. The smallest absolute Gasteiger partial charge is 0.335 e. The Morgan fingerprint density at radius 2 is 1.50 bits per heavy atom. The molecule has 1 heterocycles. The van der Waals surface area contributed by atoms with Crippen molar-refractivity contribution in [2.75, 3.05) is 0 Å². The Bertz CT molecular complexity index is 698. The number of aliphatic carboxylic acids is 1. The van der Waals surface area contributed by atoms with Gasteiger partial charge in [-0.3, -0.25) is 0 Å². The lowest BCUT2D eigenvalue weighted by molar-refractivity contribution is -0.279. The number of phenolic OH excluding ortho intramolecular Hbond substituents is 1. The summed E-state index contributed by atoms with van der Waals surface area (Å²) in [7, 11) is 0. The van der Waals surface area contributed by atoms with Crippen LogP contribution in [0, 0.1) is 0 Å². The van der Waals surface area contributed by atoms with E-state index in [0.717, 1.165) is 10.8 Å². The first-order chi connectivity index (χ1) is 11.3. The van der Waals surface area contributed by atoms with E-state index in [4.69, 9.17) is 25.5 Å². The van der Waals surface area contributed by atoms with E-state index in [-0.39, 0.29) is 0 Å². The zero-order valence-corrected chi connectivity index (χ0v) is 12.4. The minimum Gasteiger partial charge on any atom is -0.507 e. The van der Waals surface area contributed by atoms with Crippen molar-refractivity contribution in [3.8, 4) is 5.75 Å². The van der Waals surface area contributed by atoms with Crippen LogP contribution in [0.1, 0.15) is 0 Å². The quantitative estimate of drug-likeness (QED) is 0.404. The van der Waals surface area contributed by atoms with Crippen LogP contribution in [0.2, 0.25) is 0 Å². The normalized spacial score (nSPS) is 29.6. The van der Waals surface area contributed by atoms with Crippen molar-refractivity contribution in [1.29, 1.82) is 0 Å². The third-order valence-electron chi connectivity index (χ3n) is 3.60. The van der Waals surface area contributed by atoms with Gasteiger partial charge in [0, 0.05) is 5.39 Å². The molecule has 8 heteroatoms. The Kier molecular flexibility index (Phi) is 5.71. The van der Waals surface area contributed by atoms with Crippen LogP contribution in [0.3, 0.4) is 0 Å². The van der Waals surface area contributed by atoms with Crippen LogP contribution < -0.4 is 0 Å². The molecule has 0 aliphatic carbocycles. The summed E-state index contributed by atoms with van der Waals surface area (Å²) >= 11 is 0. The van der Waals surface area contributed by atoms with Gasteiger partial charge in [0.25, 0.3) is 0 Å². The maximum Gasteiger partial charge on any atom is 0.335 e. The highest BCUT2D eigenvalue weighted by Gasteiger charge is 2.46. The van der Waals surface area contributed by atoms with Crippen LogP contribution in [0.5, 0.6) is 5.75 Å². The van der Waals surface area contributed by atoms with Crippen molar-refractivity contribution in [3.05, 3.63) is 42.5 Å². The number of hydrogen-bond donors (Lipinski definition) is 6. The van der Waals surface area contributed by atoms with E-state index in [1.165, 1.54) is 0 Å². The van der Waals surface area contributed by atoms with E-state index >= 15 is 0 Å². The maximum atomic E-state index is 10.4. The van der Waals surface area contributed by atoms with Gasteiger partial charge in [0.1, 0.15) is 24.1 Å². The molecular weight excluding hydrogens is 320 g/mol. The van der Waals surface area contributed by atoms with E-state index in [1.54, 1.807) is 6.07 Å². The molecule has 8 nitrogen and oxygen atoms in total. The summed E-state index contributed by atoms with van der Waals surface area (Å²) in [6.45, 7) is 0. The van der Waals surface area contributed by atoms with Gasteiger partial charge in [0.2, 0.25) is 0 Å². The second-order valence-corrected chi connectivity index (χ2v) is 5.26. The molecule has 5 atom stereocenters. The molecule has 6 N–H and O–H groups in total. The summed E-state index contributed by atoms with van der Waals surface area (Å²) in [5.41, 5.74) is 0. The summed E-state index contributed by atoms with van der Waals surface area (Å²) in [4.78, 5) is 10.4. The van der Waals surface area contributed by atoms with Gasteiger partial charge >= 0.3 is 5.97 Å². The summed E-state index contributed by atoms with van der Waals surface area (Å²) < 4.78 is 4.34. The predicted octanol–water partition coefficient (Wildman–Crippen LogP) is -0.584. The van der Waals surface area contributed by atoms with E-state index in [0.29, 0.717) is 5.75 Å². The molecule has 0 amide bonds. The molecule has 0 unspecified atom stereocenters. The van der Waals surface area contributed by atoms with Gasteiger partial charge in [-0.2, -0.15) is 0 Å². The first-order valence-electron chi connectivity index (χ1n) is 7.10. The molecule has 0 aromatic heterocycles. The fourth-order valence-corrected chi connectivity index (χ4v) is 2.27. The van der Waals surface area contributed by atoms with Crippen molar-refractivity contribution in [3.63, 3.8) is 0 Å². The Balaban J connectivity index is 0.000000175. The first kappa shape index (κ1) is 18.1. The SMILES string of the molecule is O=C(O)[C@H]1O[C@@H](O)[C@H](O)[C@@H](O)[C@@H]1O.Oc1cccc2ccccc12. The second-order valence-electron chi connectivity index (χ2n) is 5.26. The molecule has 2 aromatic rings. The summed E-state index contributed by atoms with van der Waals surface area (Å²) in [5, 5.41) is 55.7. The average Bonchev–Trinajstić information content (AvgIpc) is 2.57. The van der Waals surface area contributed by atoms with E-state index in [2.05, 4.69) is 4.74 Å². The lowest BCUT2D eigenvalue weighted by Crippen LogP contribution is -2.59. The maximum absolute atomic E-state index is 10.4. The topological polar surface area (TPSA) is 148 Å². The number of carboxylic acid groups (broad SMARTS) is 1. The van der Waals surface area contributed by atoms with E-state index < -0.39 is 36.7 Å². The Morgan fingerprint density at radius 3 is 2.12 bits per heavy atom. The van der Waals surface area contributed by atoms with Gasteiger partial charge < -0.3 is 35.4 Å². The number of aliphatic hydroxyl groups is 4. The summed E-state index contributed by atoms with van der Waals surface area (Å²) in [6.07, 6.45) is -8.72. The molecule has 24 heavy (non-hydrogen) atoms. The van der Waals surface area contributed by atoms with Crippen LogP contribution in [0.4, 0.5) is 0 Å². The molecule has 2 aromatic carbocycles. The number of carboxylic acids is 1.